The molecule has 0 bridgehead atoms. The molecule has 2 N–H and O–H groups in total. The van der Waals surface area contributed by atoms with Gasteiger partial charge < -0.3 is 19.2 Å². The number of aromatic nitrogens is 3. The standard InChI is InChI=1S/C16H16F2N4O5S.Na.H/c1-25-13-5-6-19-12(14(13)26-2)8-20-28(23,24)16-21-10-4-3-9(27-15(17)18)7-11(10)22-16;;/h3-7,15,20H,8H2,1-2H3,(H,21,22);;. The second kappa shape index (κ2) is 9.67. The minimum absolute atomic E-state index is 0. The summed E-state index contributed by atoms with van der Waals surface area (Å²) in [6, 6.07) is 5.46. The fourth-order valence-electron chi connectivity index (χ4n) is 2.47. The van der Waals surface area contributed by atoms with E-state index in [1.54, 1.807) is 6.07 Å². The molecule has 0 radical (unpaired) electrons. The summed E-state index contributed by atoms with van der Waals surface area (Å²) >= 11 is 0. The molecule has 0 amide bonds. The SMILES string of the molecule is COc1ccnc(CNS(=O)(=O)c2nc3cc(OC(F)F)ccc3[nH]2)c1OC.[NaH]. The van der Waals surface area contributed by atoms with Crippen molar-refractivity contribution in [3.05, 3.63) is 36.2 Å². The molecule has 0 saturated heterocycles. The molecule has 3 rings (SSSR count). The van der Waals surface area contributed by atoms with E-state index in [9.17, 15) is 17.2 Å². The first-order valence-electron chi connectivity index (χ1n) is 7.84. The Morgan fingerprint density at radius 1 is 1.21 bits per heavy atom. The number of hydrogen-bond acceptors (Lipinski definition) is 7. The number of halogens is 2. The molecule has 1 aromatic carbocycles. The molecule has 0 fully saturated rings. The van der Waals surface area contributed by atoms with Crippen molar-refractivity contribution in [2.24, 2.45) is 0 Å². The van der Waals surface area contributed by atoms with Gasteiger partial charge in [0.2, 0.25) is 5.16 Å². The summed E-state index contributed by atoms with van der Waals surface area (Å²) in [4.78, 5) is 10.6. The number of H-pyrrole nitrogens is 1. The van der Waals surface area contributed by atoms with Gasteiger partial charge >= 0.3 is 36.2 Å². The number of methoxy groups -OCH3 is 2. The van der Waals surface area contributed by atoms with Crippen molar-refractivity contribution >= 4 is 50.6 Å². The number of alkyl halides is 2. The molecule has 0 saturated carbocycles. The quantitative estimate of drug-likeness (QED) is 0.511. The van der Waals surface area contributed by atoms with Crippen LogP contribution < -0.4 is 18.9 Å². The van der Waals surface area contributed by atoms with Gasteiger partial charge in [0, 0.05) is 18.3 Å². The number of ether oxygens (including phenoxy) is 3. The number of imidazole rings is 1. The second-order valence-electron chi connectivity index (χ2n) is 5.42. The average Bonchev–Trinajstić information content (AvgIpc) is 3.09. The Hall–Kier alpha value is -1.99. The van der Waals surface area contributed by atoms with Crippen LogP contribution in [0.15, 0.2) is 35.6 Å². The molecule has 29 heavy (non-hydrogen) atoms. The molecule has 3 aromatic rings. The van der Waals surface area contributed by atoms with Crippen molar-refractivity contribution in [1.29, 1.82) is 0 Å². The van der Waals surface area contributed by atoms with Crippen molar-refractivity contribution < 1.29 is 31.4 Å². The molecule has 13 heteroatoms. The van der Waals surface area contributed by atoms with Crippen LogP contribution in [0.1, 0.15) is 5.69 Å². The van der Waals surface area contributed by atoms with Crippen molar-refractivity contribution in [2.45, 2.75) is 18.3 Å². The van der Waals surface area contributed by atoms with E-state index in [2.05, 4.69) is 24.4 Å². The van der Waals surface area contributed by atoms with Gasteiger partial charge in [-0.2, -0.15) is 8.78 Å². The predicted octanol–water partition coefficient (Wildman–Crippen LogP) is 1.41. The van der Waals surface area contributed by atoms with Gasteiger partial charge in [-0.1, -0.05) is 0 Å². The van der Waals surface area contributed by atoms with Gasteiger partial charge in [-0.15, -0.1) is 0 Å². The van der Waals surface area contributed by atoms with Crippen molar-refractivity contribution in [2.75, 3.05) is 14.2 Å². The Kier molecular flexibility index (Phi) is 7.77. The minimum atomic E-state index is -4.04. The number of rotatable bonds is 8. The molecule has 0 aliphatic carbocycles. The van der Waals surface area contributed by atoms with E-state index < -0.39 is 16.6 Å². The normalized spacial score (nSPS) is 11.3. The van der Waals surface area contributed by atoms with E-state index in [1.165, 1.54) is 38.6 Å². The van der Waals surface area contributed by atoms with Gasteiger partial charge in [-0.25, -0.2) is 18.1 Å². The Morgan fingerprint density at radius 2 is 1.97 bits per heavy atom. The number of benzene rings is 1. The summed E-state index contributed by atoms with van der Waals surface area (Å²) < 4.78 is 66.7. The Labute approximate surface area is 187 Å². The maximum atomic E-state index is 12.5. The van der Waals surface area contributed by atoms with Crippen LogP contribution >= 0.6 is 0 Å². The van der Waals surface area contributed by atoms with Crippen LogP contribution in [0.2, 0.25) is 0 Å². The van der Waals surface area contributed by atoms with Crippen LogP contribution in [0.3, 0.4) is 0 Å². The fraction of sp³-hybridized carbons (Fsp3) is 0.250. The molecule has 0 aliphatic rings. The van der Waals surface area contributed by atoms with Gasteiger partial charge in [-0.3, -0.25) is 4.98 Å². The first kappa shape index (κ1) is 23.3. The molecule has 2 aromatic heterocycles. The summed E-state index contributed by atoms with van der Waals surface area (Å²) in [5.74, 6) is 0.573. The average molecular weight is 438 g/mol. The first-order valence-corrected chi connectivity index (χ1v) is 9.32. The zero-order valence-electron chi connectivity index (χ0n) is 14.8. The fourth-order valence-corrected chi connectivity index (χ4v) is 3.40. The molecule has 0 spiro atoms. The number of pyridine rings is 1. The van der Waals surface area contributed by atoms with Gasteiger partial charge in [-0.05, 0) is 12.1 Å². The molecular formula is C16H17F2N4NaO5S. The molecule has 152 valence electrons. The van der Waals surface area contributed by atoms with Gasteiger partial charge in [0.15, 0.2) is 11.5 Å². The Balaban J connectivity index is 0.00000300. The van der Waals surface area contributed by atoms with Crippen LogP contribution in [0, 0.1) is 0 Å². The van der Waals surface area contributed by atoms with E-state index in [0.717, 1.165) is 0 Å². The van der Waals surface area contributed by atoms with Gasteiger partial charge in [0.25, 0.3) is 10.0 Å². The topological polar surface area (TPSA) is 115 Å². The van der Waals surface area contributed by atoms with Crippen LogP contribution in [0.4, 0.5) is 8.78 Å². The van der Waals surface area contributed by atoms with Crippen LogP contribution in [-0.2, 0) is 16.6 Å². The third-order valence-corrected chi connectivity index (χ3v) is 4.94. The zero-order chi connectivity index (χ0) is 20.3. The number of nitrogens with one attached hydrogen (secondary N) is 2. The summed E-state index contributed by atoms with van der Waals surface area (Å²) in [5.41, 5.74) is 0.823. The van der Waals surface area contributed by atoms with Crippen LogP contribution in [-0.4, -0.2) is 73.8 Å². The van der Waals surface area contributed by atoms with Crippen LogP contribution in [0.25, 0.3) is 11.0 Å². The summed E-state index contributed by atoms with van der Waals surface area (Å²) in [7, 11) is -1.18. The third kappa shape index (κ3) is 5.34. The van der Waals surface area contributed by atoms with E-state index in [0.29, 0.717) is 22.7 Å². The van der Waals surface area contributed by atoms with E-state index in [1.807, 2.05) is 0 Å². The monoisotopic (exact) mass is 438 g/mol. The van der Waals surface area contributed by atoms with E-state index in [-0.39, 0.29) is 52.5 Å². The van der Waals surface area contributed by atoms with Crippen molar-refractivity contribution in [1.82, 2.24) is 19.7 Å². The summed E-state index contributed by atoms with van der Waals surface area (Å²) in [6.45, 7) is -3.17. The predicted molar refractivity (Wildman–Crippen MR) is 101 cm³/mol. The maximum absolute atomic E-state index is 12.5. The van der Waals surface area contributed by atoms with E-state index >= 15 is 0 Å². The molecular weight excluding hydrogens is 421 g/mol. The van der Waals surface area contributed by atoms with Gasteiger partial charge in [0.05, 0.1) is 31.8 Å². The van der Waals surface area contributed by atoms with E-state index in [4.69, 9.17) is 9.47 Å². The first-order chi connectivity index (χ1) is 13.3. The molecule has 0 aliphatic heterocycles. The molecule has 2 heterocycles. The zero-order valence-corrected chi connectivity index (χ0v) is 15.6. The molecule has 0 atom stereocenters. The molecule has 9 nitrogen and oxygen atoms in total. The van der Waals surface area contributed by atoms with Crippen molar-refractivity contribution in [3.63, 3.8) is 0 Å². The summed E-state index contributed by atoms with van der Waals surface area (Å²) in [6.07, 6.45) is 1.46. The Bertz CT molecular complexity index is 1090. The third-order valence-electron chi connectivity index (χ3n) is 3.71. The summed E-state index contributed by atoms with van der Waals surface area (Å²) in [5, 5.41) is -0.376. The molecule has 0 unspecified atom stereocenters. The number of fused-ring (bicyclic) bond motifs is 1. The number of aromatic amines is 1. The number of sulfonamides is 1. The van der Waals surface area contributed by atoms with Gasteiger partial charge in [0.1, 0.15) is 11.4 Å². The number of nitrogens with zero attached hydrogens (tertiary/aromatic N) is 2. The van der Waals surface area contributed by atoms with Crippen LogP contribution in [0.5, 0.6) is 17.2 Å². The van der Waals surface area contributed by atoms with Crippen molar-refractivity contribution in [3.8, 4) is 17.2 Å². The second-order valence-corrected chi connectivity index (χ2v) is 7.10. The Morgan fingerprint density at radius 3 is 2.62 bits per heavy atom. The number of hydrogen-bond donors (Lipinski definition) is 2.